The van der Waals surface area contributed by atoms with Crippen molar-refractivity contribution in [1.82, 2.24) is 0 Å². The average molecular weight is 217 g/mol. The fourth-order valence-electron chi connectivity index (χ4n) is 2.06. The highest BCUT2D eigenvalue weighted by atomic mass is 19.1. The number of rotatable bonds is 3. The van der Waals surface area contributed by atoms with Crippen molar-refractivity contribution >= 4 is 11.9 Å². The summed E-state index contributed by atoms with van der Waals surface area (Å²) in [6, 6.07) is 0. The molecule has 0 aromatic carbocycles. The second kappa shape index (κ2) is 4.59. The van der Waals surface area contributed by atoms with Crippen LogP contribution < -0.4 is 5.11 Å². The molecule has 0 radical (unpaired) electrons. The van der Waals surface area contributed by atoms with E-state index in [9.17, 15) is 19.1 Å². The zero-order valence-corrected chi connectivity index (χ0v) is 8.62. The number of hydrogen-bond acceptors (Lipinski definition) is 4. The normalized spacial score (nSPS) is 21.7. The lowest BCUT2D eigenvalue weighted by molar-refractivity contribution is -0.318. The van der Waals surface area contributed by atoms with Crippen molar-refractivity contribution in [2.24, 2.45) is 0 Å². The Morgan fingerprint density at radius 2 is 1.87 bits per heavy atom. The summed E-state index contributed by atoms with van der Waals surface area (Å²) in [5.74, 6) is -2.46. The molecule has 0 aromatic heterocycles. The van der Waals surface area contributed by atoms with Gasteiger partial charge in [-0.05, 0) is 25.7 Å². The first kappa shape index (κ1) is 11.9. The Morgan fingerprint density at radius 1 is 1.33 bits per heavy atom. The third kappa shape index (κ3) is 2.67. The van der Waals surface area contributed by atoms with E-state index < -0.39 is 23.7 Å². The second-order valence-electron chi connectivity index (χ2n) is 3.90. The van der Waals surface area contributed by atoms with E-state index in [1.807, 2.05) is 0 Å². The number of carbonyl (C=O) groups excluding carboxylic acids is 2. The summed E-state index contributed by atoms with van der Waals surface area (Å²) in [6.45, 7) is 1.15. The molecule has 86 valence electrons. The van der Waals surface area contributed by atoms with Crippen LogP contribution >= 0.6 is 0 Å². The fraction of sp³-hybridized carbons (Fsp3) is 0.800. The average Bonchev–Trinajstić information content (AvgIpc) is 2.16. The van der Waals surface area contributed by atoms with E-state index >= 15 is 0 Å². The molecular weight excluding hydrogens is 203 g/mol. The van der Waals surface area contributed by atoms with E-state index in [1.54, 1.807) is 0 Å². The molecule has 0 N–H and O–H groups in total. The lowest BCUT2D eigenvalue weighted by Crippen LogP contribution is -2.53. The summed E-state index contributed by atoms with van der Waals surface area (Å²) in [4.78, 5) is 21.3. The monoisotopic (exact) mass is 217 g/mol. The highest BCUT2D eigenvalue weighted by molar-refractivity contribution is 5.73. The molecule has 15 heavy (non-hydrogen) atoms. The van der Waals surface area contributed by atoms with Crippen molar-refractivity contribution < 1.29 is 23.8 Å². The van der Waals surface area contributed by atoms with Gasteiger partial charge in [-0.1, -0.05) is 6.42 Å². The van der Waals surface area contributed by atoms with Crippen LogP contribution in [0.25, 0.3) is 0 Å². The minimum atomic E-state index is -2.23. The van der Waals surface area contributed by atoms with Crippen molar-refractivity contribution in [3.63, 3.8) is 0 Å². The van der Waals surface area contributed by atoms with Gasteiger partial charge in [-0.2, -0.15) is 0 Å². The van der Waals surface area contributed by atoms with Crippen molar-refractivity contribution in [3.05, 3.63) is 0 Å². The van der Waals surface area contributed by atoms with Crippen LogP contribution in [0, 0.1) is 0 Å². The van der Waals surface area contributed by atoms with Crippen LogP contribution in [-0.2, 0) is 14.3 Å². The Bertz CT molecular complexity index is 258. The highest BCUT2D eigenvalue weighted by Gasteiger charge is 2.44. The first-order valence-electron chi connectivity index (χ1n) is 5.02. The number of ether oxygens (including phenoxy) is 1. The second-order valence-corrected chi connectivity index (χ2v) is 3.90. The van der Waals surface area contributed by atoms with E-state index in [0.717, 1.165) is 13.3 Å². The minimum absolute atomic E-state index is 0.252. The zero-order chi connectivity index (χ0) is 11.5. The first-order chi connectivity index (χ1) is 6.98. The summed E-state index contributed by atoms with van der Waals surface area (Å²) in [6.07, 6.45) is 0.510. The Kier molecular flexibility index (Phi) is 3.66. The number of carbonyl (C=O) groups is 2. The van der Waals surface area contributed by atoms with Crippen LogP contribution in [0.2, 0.25) is 0 Å². The first-order valence-corrected chi connectivity index (χ1v) is 5.02. The fourth-order valence-corrected chi connectivity index (χ4v) is 2.06. The third-order valence-corrected chi connectivity index (χ3v) is 2.72. The molecule has 1 unspecified atom stereocenters. The number of aliphatic carboxylic acids is 1. The predicted molar refractivity (Wildman–Crippen MR) is 47.5 cm³/mol. The van der Waals surface area contributed by atoms with Crippen molar-refractivity contribution in [2.45, 2.75) is 50.8 Å². The SMILES string of the molecule is CC(=O)OC1(C(F)C(=O)[O-])CCCCC1. The van der Waals surface area contributed by atoms with Gasteiger partial charge in [0.1, 0.15) is 5.60 Å². The van der Waals surface area contributed by atoms with E-state index in [2.05, 4.69) is 0 Å². The zero-order valence-electron chi connectivity index (χ0n) is 8.62. The molecule has 5 heteroatoms. The number of carboxylic acids is 1. The molecule has 0 heterocycles. The van der Waals surface area contributed by atoms with Crippen LogP contribution in [0.1, 0.15) is 39.0 Å². The summed E-state index contributed by atoms with van der Waals surface area (Å²) < 4.78 is 18.4. The molecule has 1 fully saturated rings. The molecule has 1 saturated carbocycles. The molecule has 0 aliphatic heterocycles. The number of halogens is 1. The van der Waals surface area contributed by atoms with Crippen LogP contribution in [0.5, 0.6) is 0 Å². The summed E-state index contributed by atoms with van der Waals surface area (Å²) in [5.41, 5.74) is -1.50. The van der Waals surface area contributed by atoms with E-state index in [4.69, 9.17) is 4.74 Å². The van der Waals surface area contributed by atoms with Gasteiger partial charge < -0.3 is 14.6 Å². The summed E-state index contributed by atoms with van der Waals surface area (Å²) in [5, 5.41) is 10.5. The van der Waals surface area contributed by atoms with Gasteiger partial charge in [0.05, 0.1) is 5.97 Å². The van der Waals surface area contributed by atoms with Gasteiger partial charge in [0, 0.05) is 6.92 Å². The number of carboxylic acid groups (broad SMARTS) is 1. The molecule has 1 aliphatic carbocycles. The van der Waals surface area contributed by atoms with Crippen LogP contribution in [0.15, 0.2) is 0 Å². The van der Waals surface area contributed by atoms with Gasteiger partial charge in [0.25, 0.3) is 0 Å². The third-order valence-electron chi connectivity index (χ3n) is 2.72. The maximum absolute atomic E-state index is 13.5. The van der Waals surface area contributed by atoms with Gasteiger partial charge in [0.2, 0.25) is 0 Å². The van der Waals surface area contributed by atoms with E-state index in [-0.39, 0.29) is 12.8 Å². The Morgan fingerprint density at radius 3 is 2.27 bits per heavy atom. The van der Waals surface area contributed by atoms with Gasteiger partial charge in [-0.25, -0.2) is 4.39 Å². The van der Waals surface area contributed by atoms with Gasteiger partial charge in [-0.3, -0.25) is 4.79 Å². The molecule has 0 bridgehead atoms. The molecule has 4 nitrogen and oxygen atoms in total. The molecule has 1 aliphatic rings. The molecule has 0 spiro atoms. The Labute approximate surface area is 87.4 Å². The highest BCUT2D eigenvalue weighted by Crippen LogP contribution is 2.36. The number of hydrogen-bond donors (Lipinski definition) is 0. The van der Waals surface area contributed by atoms with Crippen molar-refractivity contribution in [2.75, 3.05) is 0 Å². The number of esters is 1. The maximum Gasteiger partial charge on any atom is 0.303 e. The van der Waals surface area contributed by atoms with Crippen LogP contribution in [0.3, 0.4) is 0 Å². The number of alkyl halides is 1. The predicted octanol–water partition coefficient (Wildman–Crippen LogP) is 0.340. The molecule has 0 saturated heterocycles. The summed E-state index contributed by atoms with van der Waals surface area (Å²) in [7, 11) is 0. The lowest BCUT2D eigenvalue weighted by atomic mass is 9.81. The van der Waals surface area contributed by atoms with Gasteiger partial charge in [0.15, 0.2) is 6.17 Å². The van der Waals surface area contributed by atoms with Crippen molar-refractivity contribution in [3.8, 4) is 0 Å². The van der Waals surface area contributed by atoms with Gasteiger partial charge >= 0.3 is 5.97 Å². The topological polar surface area (TPSA) is 66.4 Å². The molecule has 0 aromatic rings. The smallest absolute Gasteiger partial charge is 0.303 e. The maximum atomic E-state index is 13.5. The minimum Gasteiger partial charge on any atom is -0.547 e. The Hall–Kier alpha value is -1.13. The largest absolute Gasteiger partial charge is 0.547 e. The molecule has 0 amide bonds. The van der Waals surface area contributed by atoms with Crippen LogP contribution in [-0.4, -0.2) is 23.7 Å². The van der Waals surface area contributed by atoms with Crippen LogP contribution in [0.4, 0.5) is 4.39 Å². The van der Waals surface area contributed by atoms with Crippen molar-refractivity contribution in [1.29, 1.82) is 0 Å². The van der Waals surface area contributed by atoms with Gasteiger partial charge in [-0.15, -0.1) is 0 Å². The van der Waals surface area contributed by atoms with E-state index in [1.165, 1.54) is 0 Å². The Balaban J connectivity index is 2.83. The lowest BCUT2D eigenvalue weighted by Gasteiger charge is -2.39. The quantitative estimate of drug-likeness (QED) is 0.639. The summed E-state index contributed by atoms with van der Waals surface area (Å²) >= 11 is 0. The standard InChI is InChI=1S/C10H15FO4/c1-7(12)15-10(8(11)9(13)14)5-3-2-4-6-10/h8H,2-6H2,1H3,(H,13,14)/p-1. The molecular formula is C10H14FO4-. The van der Waals surface area contributed by atoms with E-state index in [0.29, 0.717) is 12.8 Å². The molecule has 1 rings (SSSR count). The molecule has 1 atom stereocenters.